The van der Waals surface area contributed by atoms with E-state index in [0.29, 0.717) is 27.6 Å². The quantitative estimate of drug-likeness (QED) is 0.543. The summed E-state index contributed by atoms with van der Waals surface area (Å²) in [6.07, 6.45) is 3.39. The average molecular weight is 305 g/mol. The fourth-order valence-corrected chi connectivity index (χ4v) is 2.38. The van der Waals surface area contributed by atoms with Crippen molar-refractivity contribution in [2.24, 2.45) is 0 Å². The maximum atomic E-state index is 5.94. The van der Waals surface area contributed by atoms with Crippen molar-refractivity contribution in [2.45, 2.75) is 10.9 Å². The van der Waals surface area contributed by atoms with E-state index in [-0.39, 0.29) is 0 Å². The van der Waals surface area contributed by atoms with Crippen LogP contribution >= 0.6 is 23.4 Å². The molecule has 0 aliphatic heterocycles. The zero-order valence-corrected chi connectivity index (χ0v) is 11.8. The first-order valence-corrected chi connectivity index (χ1v) is 7.16. The van der Waals surface area contributed by atoms with Gasteiger partial charge in [-0.2, -0.15) is 4.98 Å². The minimum atomic E-state index is 0.525. The summed E-state index contributed by atoms with van der Waals surface area (Å²) >= 11 is 7.38. The molecule has 0 N–H and O–H groups in total. The Morgan fingerprint density at radius 1 is 1.15 bits per heavy atom. The van der Waals surface area contributed by atoms with Gasteiger partial charge in [0.25, 0.3) is 0 Å². The molecule has 100 valence electrons. The van der Waals surface area contributed by atoms with Gasteiger partial charge in [-0.25, -0.2) is 9.97 Å². The minimum Gasteiger partial charge on any atom is -0.338 e. The first-order valence-electron chi connectivity index (χ1n) is 5.79. The van der Waals surface area contributed by atoms with Crippen molar-refractivity contribution in [3.63, 3.8) is 0 Å². The van der Waals surface area contributed by atoms with Gasteiger partial charge in [0.05, 0.1) is 5.75 Å². The predicted octanol–water partition coefficient (Wildman–Crippen LogP) is 3.47. The van der Waals surface area contributed by atoms with Crippen LogP contribution in [0.15, 0.2) is 52.4 Å². The minimum absolute atomic E-state index is 0.525. The van der Waals surface area contributed by atoms with Crippen molar-refractivity contribution in [3.8, 4) is 11.4 Å². The van der Waals surface area contributed by atoms with E-state index >= 15 is 0 Å². The Kier molecular flexibility index (Phi) is 3.94. The first-order chi connectivity index (χ1) is 9.81. The highest BCUT2D eigenvalue weighted by Gasteiger charge is 2.09. The number of benzene rings is 1. The van der Waals surface area contributed by atoms with Crippen molar-refractivity contribution < 1.29 is 4.52 Å². The normalized spacial score (nSPS) is 10.7. The second-order valence-corrected chi connectivity index (χ2v) is 5.22. The standard InChI is InChI=1S/C13H9ClN4OS/c14-10-4-1-3-9(7-10)12-17-11(19-18-12)8-20-13-15-5-2-6-16-13/h1-7H,8H2. The molecule has 0 atom stereocenters. The van der Waals surface area contributed by atoms with E-state index in [4.69, 9.17) is 16.1 Å². The highest BCUT2D eigenvalue weighted by atomic mass is 35.5. The molecule has 0 saturated heterocycles. The summed E-state index contributed by atoms with van der Waals surface area (Å²) in [6, 6.07) is 9.10. The van der Waals surface area contributed by atoms with Crippen LogP contribution in [0.3, 0.4) is 0 Å². The maximum absolute atomic E-state index is 5.94. The van der Waals surface area contributed by atoms with Crippen LogP contribution in [0.1, 0.15) is 5.89 Å². The molecule has 5 nitrogen and oxygen atoms in total. The molecule has 1 aromatic carbocycles. The second-order valence-electron chi connectivity index (χ2n) is 3.84. The van der Waals surface area contributed by atoms with Gasteiger partial charge in [-0.15, -0.1) is 0 Å². The molecular weight excluding hydrogens is 296 g/mol. The van der Waals surface area contributed by atoms with Crippen molar-refractivity contribution in [2.75, 3.05) is 0 Å². The van der Waals surface area contributed by atoms with Crippen LogP contribution in [0.5, 0.6) is 0 Å². The van der Waals surface area contributed by atoms with Crippen LogP contribution in [-0.2, 0) is 5.75 Å². The first kappa shape index (κ1) is 13.1. The lowest BCUT2D eigenvalue weighted by Gasteiger charge is -1.94. The van der Waals surface area contributed by atoms with Gasteiger partial charge in [0.1, 0.15) is 0 Å². The third-order valence-corrected chi connectivity index (χ3v) is 3.51. The SMILES string of the molecule is Clc1cccc(-c2noc(CSc3ncccn3)n2)c1. The number of halogens is 1. The smallest absolute Gasteiger partial charge is 0.237 e. The summed E-state index contributed by atoms with van der Waals surface area (Å²) in [4.78, 5) is 12.6. The van der Waals surface area contributed by atoms with Crippen LogP contribution in [0.25, 0.3) is 11.4 Å². The van der Waals surface area contributed by atoms with Crippen LogP contribution < -0.4 is 0 Å². The number of nitrogens with zero attached hydrogens (tertiary/aromatic N) is 4. The van der Waals surface area contributed by atoms with E-state index < -0.39 is 0 Å². The maximum Gasteiger partial charge on any atom is 0.237 e. The summed E-state index contributed by atoms with van der Waals surface area (Å²) in [7, 11) is 0. The molecular formula is C13H9ClN4OS. The van der Waals surface area contributed by atoms with Crippen molar-refractivity contribution in [1.29, 1.82) is 0 Å². The molecule has 3 rings (SSSR count). The van der Waals surface area contributed by atoms with Crippen LogP contribution in [0.4, 0.5) is 0 Å². The van der Waals surface area contributed by atoms with Crippen molar-refractivity contribution in [3.05, 3.63) is 53.6 Å². The molecule has 0 fully saturated rings. The largest absolute Gasteiger partial charge is 0.338 e. The van der Waals surface area contributed by atoms with Crippen LogP contribution in [-0.4, -0.2) is 20.1 Å². The van der Waals surface area contributed by atoms with Gasteiger partial charge >= 0.3 is 0 Å². The Hall–Kier alpha value is -1.92. The number of rotatable bonds is 4. The molecule has 2 aromatic heterocycles. The third kappa shape index (κ3) is 3.15. The Morgan fingerprint density at radius 2 is 2.00 bits per heavy atom. The van der Waals surface area contributed by atoms with Crippen LogP contribution in [0, 0.1) is 0 Å². The zero-order chi connectivity index (χ0) is 13.8. The molecule has 0 radical (unpaired) electrons. The predicted molar refractivity (Wildman–Crippen MR) is 76.3 cm³/mol. The van der Waals surface area contributed by atoms with Gasteiger partial charge in [-0.05, 0) is 18.2 Å². The summed E-state index contributed by atoms with van der Waals surface area (Å²) in [5.74, 6) is 1.58. The molecule has 0 amide bonds. The third-order valence-electron chi connectivity index (χ3n) is 2.42. The van der Waals surface area contributed by atoms with Crippen molar-refractivity contribution in [1.82, 2.24) is 20.1 Å². The fraction of sp³-hybridized carbons (Fsp3) is 0.0769. The molecule has 0 spiro atoms. The van der Waals surface area contributed by atoms with Gasteiger partial charge in [0, 0.05) is 23.0 Å². The fourth-order valence-electron chi connectivity index (χ4n) is 1.54. The Balaban J connectivity index is 1.71. The van der Waals surface area contributed by atoms with Gasteiger partial charge in [0.15, 0.2) is 5.16 Å². The van der Waals surface area contributed by atoms with E-state index in [1.165, 1.54) is 11.8 Å². The second kappa shape index (κ2) is 6.02. The van der Waals surface area contributed by atoms with Crippen LogP contribution in [0.2, 0.25) is 5.02 Å². The van der Waals surface area contributed by atoms with Crippen molar-refractivity contribution >= 4 is 23.4 Å². The Bertz CT molecular complexity index is 704. The number of aromatic nitrogens is 4. The van der Waals surface area contributed by atoms with Gasteiger partial charge in [-0.1, -0.05) is 40.7 Å². The molecule has 0 unspecified atom stereocenters. The lowest BCUT2D eigenvalue weighted by Crippen LogP contribution is -1.86. The van der Waals surface area contributed by atoms with E-state index in [9.17, 15) is 0 Å². The number of thioether (sulfide) groups is 1. The Morgan fingerprint density at radius 3 is 2.80 bits per heavy atom. The summed E-state index contributed by atoms with van der Waals surface area (Å²) in [5, 5.41) is 5.26. The molecule has 0 bridgehead atoms. The molecule has 7 heteroatoms. The lowest BCUT2D eigenvalue weighted by molar-refractivity contribution is 0.391. The molecule has 3 aromatic rings. The monoisotopic (exact) mass is 304 g/mol. The molecule has 0 saturated carbocycles. The summed E-state index contributed by atoms with van der Waals surface area (Å²) in [6.45, 7) is 0. The lowest BCUT2D eigenvalue weighted by atomic mass is 10.2. The van der Waals surface area contributed by atoms with E-state index in [1.807, 2.05) is 12.1 Å². The average Bonchev–Trinajstić information content (AvgIpc) is 2.95. The van der Waals surface area contributed by atoms with E-state index in [2.05, 4.69) is 20.1 Å². The highest BCUT2D eigenvalue weighted by molar-refractivity contribution is 7.98. The molecule has 2 heterocycles. The van der Waals surface area contributed by atoms with E-state index in [1.54, 1.807) is 30.6 Å². The topological polar surface area (TPSA) is 64.7 Å². The molecule has 20 heavy (non-hydrogen) atoms. The molecule has 0 aliphatic carbocycles. The number of hydrogen-bond acceptors (Lipinski definition) is 6. The van der Waals surface area contributed by atoms with Gasteiger partial charge < -0.3 is 4.52 Å². The molecule has 0 aliphatic rings. The zero-order valence-electron chi connectivity index (χ0n) is 10.2. The Labute approximate surface area is 124 Å². The van der Waals surface area contributed by atoms with Gasteiger partial charge in [-0.3, -0.25) is 0 Å². The highest BCUT2D eigenvalue weighted by Crippen LogP contribution is 2.22. The number of hydrogen-bond donors (Lipinski definition) is 0. The summed E-state index contributed by atoms with van der Waals surface area (Å²) < 4.78 is 5.20. The van der Waals surface area contributed by atoms with Gasteiger partial charge in [0.2, 0.25) is 11.7 Å². The summed E-state index contributed by atoms with van der Waals surface area (Å²) in [5.41, 5.74) is 0.827. The van der Waals surface area contributed by atoms with E-state index in [0.717, 1.165) is 5.56 Å².